The Morgan fingerprint density at radius 3 is 2.87 bits per heavy atom. The molecule has 0 aromatic carbocycles. The molecule has 0 aliphatic carbocycles. The Morgan fingerprint density at radius 1 is 1.40 bits per heavy atom. The standard InChI is InChI=1S/C10H8N2O3/c1-15-9-7-4-11-3-2-6(7)8(5-12-9)10(13)14/h2-5H,1H3,(H,13,14). The molecule has 2 rings (SSSR count). The zero-order chi connectivity index (χ0) is 10.8. The molecule has 15 heavy (non-hydrogen) atoms. The van der Waals surface area contributed by atoms with Crippen LogP contribution in [0.25, 0.3) is 10.8 Å². The number of fused-ring (bicyclic) bond motifs is 1. The van der Waals surface area contributed by atoms with E-state index in [1.165, 1.54) is 25.7 Å². The minimum Gasteiger partial charge on any atom is -0.481 e. The maximum atomic E-state index is 10.9. The third-order valence-corrected chi connectivity index (χ3v) is 2.08. The fraction of sp³-hybridized carbons (Fsp3) is 0.100. The van der Waals surface area contributed by atoms with Gasteiger partial charge in [-0.3, -0.25) is 4.98 Å². The number of methoxy groups -OCH3 is 1. The molecule has 0 saturated carbocycles. The second-order valence-electron chi connectivity index (χ2n) is 2.91. The van der Waals surface area contributed by atoms with Gasteiger partial charge in [0.25, 0.3) is 0 Å². The summed E-state index contributed by atoms with van der Waals surface area (Å²) in [5.74, 6) is -0.635. The van der Waals surface area contributed by atoms with E-state index >= 15 is 0 Å². The molecule has 0 radical (unpaired) electrons. The fourth-order valence-electron chi connectivity index (χ4n) is 1.40. The molecular formula is C10H8N2O3. The number of hydrogen-bond donors (Lipinski definition) is 1. The van der Waals surface area contributed by atoms with E-state index in [1.54, 1.807) is 6.07 Å². The highest BCUT2D eigenvalue weighted by atomic mass is 16.5. The van der Waals surface area contributed by atoms with Crippen LogP contribution in [-0.2, 0) is 0 Å². The lowest BCUT2D eigenvalue weighted by atomic mass is 10.1. The summed E-state index contributed by atoms with van der Waals surface area (Å²) >= 11 is 0. The van der Waals surface area contributed by atoms with Crippen LogP contribution in [0.3, 0.4) is 0 Å². The van der Waals surface area contributed by atoms with Crippen LogP contribution in [0.4, 0.5) is 0 Å². The van der Waals surface area contributed by atoms with Gasteiger partial charge in [0, 0.05) is 24.0 Å². The first-order chi connectivity index (χ1) is 7.24. The average molecular weight is 204 g/mol. The van der Waals surface area contributed by atoms with Crippen molar-refractivity contribution in [3.05, 3.63) is 30.2 Å². The lowest BCUT2D eigenvalue weighted by Gasteiger charge is -2.05. The quantitative estimate of drug-likeness (QED) is 0.799. The van der Waals surface area contributed by atoms with Crippen LogP contribution in [-0.4, -0.2) is 28.2 Å². The Kier molecular flexibility index (Phi) is 2.21. The van der Waals surface area contributed by atoms with Crippen molar-refractivity contribution in [3.8, 4) is 5.88 Å². The van der Waals surface area contributed by atoms with Crippen LogP contribution in [0.5, 0.6) is 5.88 Å². The van der Waals surface area contributed by atoms with Crippen LogP contribution in [0, 0.1) is 0 Å². The summed E-state index contributed by atoms with van der Waals surface area (Å²) in [5, 5.41) is 10.1. The number of carbonyl (C=O) groups is 1. The second kappa shape index (κ2) is 3.53. The highest BCUT2D eigenvalue weighted by molar-refractivity contribution is 6.04. The molecule has 0 fully saturated rings. The van der Waals surface area contributed by atoms with Gasteiger partial charge < -0.3 is 9.84 Å². The third kappa shape index (κ3) is 1.48. The van der Waals surface area contributed by atoms with Gasteiger partial charge in [0.2, 0.25) is 5.88 Å². The Bertz CT molecular complexity index is 525. The lowest BCUT2D eigenvalue weighted by Crippen LogP contribution is -2.00. The number of nitrogens with zero attached hydrogens (tertiary/aromatic N) is 2. The van der Waals surface area contributed by atoms with E-state index in [9.17, 15) is 4.79 Å². The van der Waals surface area contributed by atoms with E-state index in [1.807, 2.05) is 0 Å². The van der Waals surface area contributed by atoms with Crippen LogP contribution < -0.4 is 4.74 Å². The van der Waals surface area contributed by atoms with Crippen LogP contribution >= 0.6 is 0 Å². The molecule has 76 valence electrons. The second-order valence-corrected chi connectivity index (χ2v) is 2.91. The highest BCUT2D eigenvalue weighted by Gasteiger charge is 2.12. The van der Waals surface area contributed by atoms with Gasteiger partial charge in [0.15, 0.2) is 0 Å². The normalized spacial score (nSPS) is 10.2. The molecule has 0 bridgehead atoms. The molecule has 0 unspecified atom stereocenters. The lowest BCUT2D eigenvalue weighted by molar-refractivity contribution is 0.0698. The smallest absolute Gasteiger partial charge is 0.337 e. The van der Waals surface area contributed by atoms with Gasteiger partial charge in [-0.05, 0) is 6.07 Å². The van der Waals surface area contributed by atoms with Crippen LogP contribution in [0.2, 0.25) is 0 Å². The molecule has 5 heteroatoms. The van der Waals surface area contributed by atoms with E-state index in [0.29, 0.717) is 16.7 Å². The summed E-state index contributed by atoms with van der Waals surface area (Å²) in [7, 11) is 1.48. The van der Waals surface area contributed by atoms with Gasteiger partial charge in [0.05, 0.1) is 18.1 Å². The number of rotatable bonds is 2. The first kappa shape index (κ1) is 9.39. The summed E-state index contributed by atoms with van der Waals surface area (Å²) in [4.78, 5) is 18.7. The monoisotopic (exact) mass is 204 g/mol. The molecular weight excluding hydrogens is 196 g/mol. The molecule has 0 atom stereocenters. The predicted molar refractivity (Wildman–Crippen MR) is 53.0 cm³/mol. The Labute approximate surface area is 85.4 Å². The van der Waals surface area contributed by atoms with Gasteiger partial charge in [-0.2, -0.15) is 0 Å². The average Bonchev–Trinajstić information content (AvgIpc) is 2.27. The van der Waals surface area contributed by atoms with Crippen molar-refractivity contribution in [1.82, 2.24) is 9.97 Å². The Morgan fingerprint density at radius 2 is 2.20 bits per heavy atom. The molecule has 2 aromatic heterocycles. The molecule has 5 nitrogen and oxygen atoms in total. The van der Waals surface area contributed by atoms with Crippen LogP contribution in [0.15, 0.2) is 24.7 Å². The minimum absolute atomic E-state index is 0.146. The third-order valence-electron chi connectivity index (χ3n) is 2.08. The van der Waals surface area contributed by atoms with Crippen molar-refractivity contribution in [2.75, 3.05) is 7.11 Å². The molecule has 0 saturated heterocycles. The Balaban J connectivity index is 2.83. The predicted octanol–water partition coefficient (Wildman–Crippen LogP) is 1.34. The summed E-state index contributed by atoms with van der Waals surface area (Å²) in [6.07, 6.45) is 4.35. The van der Waals surface area contributed by atoms with E-state index in [4.69, 9.17) is 9.84 Å². The van der Waals surface area contributed by atoms with Gasteiger partial charge in [-0.25, -0.2) is 9.78 Å². The van der Waals surface area contributed by atoms with E-state index in [0.717, 1.165) is 0 Å². The van der Waals surface area contributed by atoms with E-state index in [-0.39, 0.29) is 5.56 Å². The molecule has 0 spiro atoms. The van der Waals surface area contributed by atoms with E-state index in [2.05, 4.69) is 9.97 Å². The molecule has 1 N–H and O–H groups in total. The summed E-state index contributed by atoms with van der Waals surface area (Å²) < 4.78 is 5.02. The molecule has 2 heterocycles. The van der Waals surface area contributed by atoms with Crippen molar-refractivity contribution in [2.24, 2.45) is 0 Å². The van der Waals surface area contributed by atoms with Gasteiger partial charge in [-0.1, -0.05) is 0 Å². The summed E-state index contributed by atoms with van der Waals surface area (Å²) in [5.41, 5.74) is 0.146. The van der Waals surface area contributed by atoms with Gasteiger partial charge >= 0.3 is 5.97 Å². The number of aromatic nitrogens is 2. The number of aromatic carboxylic acids is 1. The fourth-order valence-corrected chi connectivity index (χ4v) is 1.40. The maximum absolute atomic E-state index is 10.9. The Hall–Kier alpha value is -2.17. The van der Waals surface area contributed by atoms with Crippen molar-refractivity contribution in [1.29, 1.82) is 0 Å². The van der Waals surface area contributed by atoms with Crippen molar-refractivity contribution in [3.63, 3.8) is 0 Å². The maximum Gasteiger partial charge on any atom is 0.337 e. The topological polar surface area (TPSA) is 72.3 Å². The first-order valence-corrected chi connectivity index (χ1v) is 4.24. The number of carboxylic acids is 1. The summed E-state index contributed by atoms with van der Waals surface area (Å²) in [6.45, 7) is 0. The summed E-state index contributed by atoms with van der Waals surface area (Å²) in [6, 6.07) is 1.63. The molecule has 0 aliphatic rings. The van der Waals surface area contributed by atoms with Crippen LogP contribution in [0.1, 0.15) is 10.4 Å². The highest BCUT2D eigenvalue weighted by Crippen LogP contribution is 2.24. The zero-order valence-electron chi connectivity index (χ0n) is 7.97. The van der Waals surface area contributed by atoms with Crippen molar-refractivity contribution in [2.45, 2.75) is 0 Å². The first-order valence-electron chi connectivity index (χ1n) is 4.24. The number of pyridine rings is 2. The zero-order valence-corrected chi connectivity index (χ0v) is 7.97. The molecule has 2 aromatic rings. The van der Waals surface area contributed by atoms with Gasteiger partial charge in [-0.15, -0.1) is 0 Å². The van der Waals surface area contributed by atoms with Crippen molar-refractivity contribution >= 4 is 16.7 Å². The molecule has 0 amide bonds. The number of hydrogen-bond acceptors (Lipinski definition) is 4. The number of ether oxygens (including phenoxy) is 1. The SMILES string of the molecule is COc1ncc(C(=O)O)c2ccncc12. The minimum atomic E-state index is -1.01. The molecule has 0 aliphatic heterocycles. The van der Waals surface area contributed by atoms with E-state index < -0.39 is 5.97 Å². The number of carboxylic acid groups (broad SMARTS) is 1. The van der Waals surface area contributed by atoms with Gasteiger partial charge in [0.1, 0.15) is 0 Å². The van der Waals surface area contributed by atoms with Crippen molar-refractivity contribution < 1.29 is 14.6 Å². The largest absolute Gasteiger partial charge is 0.481 e.